The van der Waals surface area contributed by atoms with Crippen LogP contribution in [0.4, 0.5) is 17.1 Å². The zero-order valence-corrected chi connectivity index (χ0v) is 40.4. The zero-order chi connectivity index (χ0) is 48.7. The highest BCUT2D eigenvalue weighted by Gasteiger charge is 2.47. The molecule has 0 unspecified atom stereocenters. The highest BCUT2D eigenvalue weighted by atomic mass is 16.3. The molecule has 3 nitrogen and oxygen atoms in total. The maximum Gasteiger partial charge on any atom is 0.143 e. The van der Waals surface area contributed by atoms with Crippen LogP contribution >= 0.6 is 0 Å². The molecule has 2 heterocycles. The van der Waals surface area contributed by atoms with Crippen molar-refractivity contribution < 1.29 is 4.42 Å². The Morgan fingerprint density at radius 2 is 0.905 bits per heavy atom. The van der Waals surface area contributed by atoms with Crippen LogP contribution in [0.15, 0.2) is 283 Å². The average Bonchev–Trinajstić information content (AvgIpc) is 4.13. The third-order valence-electron chi connectivity index (χ3n) is 15.7. The number of fused-ring (bicyclic) bond motifs is 11. The molecule has 0 N–H and O–H groups in total. The summed E-state index contributed by atoms with van der Waals surface area (Å²) in [5.74, 6) is 0. The average molecular weight is 943 g/mol. The van der Waals surface area contributed by atoms with Gasteiger partial charge in [0.25, 0.3) is 0 Å². The third-order valence-corrected chi connectivity index (χ3v) is 15.7. The number of nitrogens with zero attached hydrogens (tertiary/aromatic N) is 2. The minimum absolute atomic E-state index is 0.534. The van der Waals surface area contributed by atoms with Crippen molar-refractivity contribution in [2.24, 2.45) is 0 Å². The van der Waals surface area contributed by atoms with E-state index in [1.54, 1.807) is 0 Å². The predicted octanol–water partition coefficient (Wildman–Crippen LogP) is 19.0. The van der Waals surface area contributed by atoms with Gasteiger partial charge in [0.05, 0.1) is 22.1 Å². The number of benzene rings is 12. The minimum Gasteiger partial charge on any atom is -0.455 e. The molecule has 0 amide bonds. The van der Waals surface area contributed by atoms with E-state index in [0.717, 1.165) is 72.3 Å². The van der Waals surface area contributed by atoms with E-state index < -0.39 is 5.41 Å². The van der Waals surface area contributed by atoms with Crippen molar-refractivity contribution in [2.45, 2.75) is 5.41 Å². The maximum atomic E-state index is 6.52. The van der Waals surface area contributed by atoms with Crippen molar-refractivity contribution >= 4 is 71.6 Å². The first-order valence-corrected chi connectivity index (χ1v) is 25.5. The highest BCUT2D eigenvalue weighted by Crippen LogP contribution is 2.59. The SMILES string of the molecule is c1ccc(C2(c3ccccc3)c3ccccc3-c3c(N(c4ccc(-c5cccc(-n6c7ccccc7c7ccccc76)c5)cc4)c4ccc(-c5ccc6oc7c8ccccc8ccc7c6c5)cc4)cccc32)cc1. The molecule has 0 saturated heterocycles. The number of furan rings is 1. The molecule has 0 bridgehead atoms. The van der Waals surface area contributed by atoms with Crippen LogP contribution in [0.5, 0.6) is 0 Å². The molecular formula is C71H46N2O. The van der Waals surface area contributed by atoms with Gasteiger partial charge in [-0.15, -0.1) is 0 Å². The summed E-state index contributed by atoms with van der Waals surface area (Å²) in [6.45, 7) is 0. The van der Waals surface area contributed by atoms with Crippen molar-refractivity contribution in [3.63, 3.8) is 0 Å². The molecule has 0 radical (unpaired) electrons. The van der Waals surface area contributed by atoms with E-state index in [2.05, 4.69) is 289 Å². The lowest BCUT2D eigenvalue weighted by molar-refractivity contribution is 0.672. The molecule has 0 saturated carbocycles. The Kier molecular flexibility index (Phi) is 9.48. The van der Waals surface area contributed by atoms with Crippen LogP contribution in [0.25, 0.3) is 93.6 Å². The molecule has 0 aliphatic heterocycles. The van der Waals surface area contributed by atoms with Gasteiger partial charge in [-0.3, -0.25) is 0 Å². The molecule has 14 aromatic rings. The van der Waals surface area contributed by atoms with Gasteiger partial charge in [-0.1, -0.05) is 206 Å². The Labute approximate surface area is 429 Å². The third kappa shape index (κ3) is 6.33. The van der Waals surface area contributed by atoms with Crippen molar-refractivity contribution in [1.29, 1.82) is 0 Å². The van der Waals surface area contributed by atoms with Gasteiger partial charge in [-0.05, 0) is 128 Å². The minimum atomic E-state index is -0.534. The van der Waals surface area contributed by atoms with Gasteiger partial charge in [0.15, 0.2) is 0 Å². The van der Waals surface area contributed by atoms with E-state index in [4.69, 9.17) is 4.42 Å². The van der Waals surface area contributed by atoms with Crippen LogP contribution < -0.4 is 4.90 Å². The number of rotatable bonds is 8. The molecule has 74 heavy (non-hydrogen) atoms. The van der Waals surface area contributed by atoms with Gasteiger partial charge >= 0.3 is 0 Å². The summed E-state index contributed by atoms with van der Waals surface area (Å²) in [6, 6.07) is 102. The summed E-state index contributed by atoms with van der Waals surface area (Å²) in [5.41, 5.74) is 20.2. The predicted molar refractivity (Wildman–Crippen MR) is 308 cm³/mol. The topological polar surface area (TPSA) is 21.3 Å². The first-order chi connectivity index (χ1) is 36.7. The fraction of sp³-hybridized carbons (Fsp3) is 0.0141. The van der Waals surface area contributed by atoms with Gasteiger partial charge in [-0.25, -0.2) is 0 Å². The summed E-state index contributed by atoms with van der Waals surface area (Å²) in [5, 5.41) is 7.07. The van der Waals surface area contributed by atoms with Crippen molar-refractivity contribution in [3.05, 3.63) is 301 Å². The molecule has 3 heteroatoms. The second-order valence-corrected chi connectivity index (χ2v) is 19.6. The largest absolute Gasteiger partial charge is 0.455 e. The highest BCUT2D eigenvalue weighted by molar-refractivity contribution is 6.15. The molecule has 12 aromatic carbocycles. The number of anilines is 3. The Hall–Kier alpha value is -9.70. The summed E-state index contributed by atoms with van der Waals surface area (Å²) in [7, 11) is 0. The summed E-state index contributed by atoms with van der Waals surface area (Å²) in [4.78, 5) is 2.46. The lowest BCUT2D eigenvalue weighted by Crippen LogP contribution is -2.28. The van der Waals surface area contributed by atoms with E-state index >= 15 is 0 Å². The summed E-state index contributed by atoms with van der Waals surface area (Å²) < 4.78 is 8.91. The van der Waals surface area contributed by atoms with Gasteiger partial charge in [-0.2, -0.15) is 0 Å². The number of hydrogen-bond donors (Lipinski definition) is 0. The lowest BCUT2D eigenvalue weighted by Gasteiger charge is -2.34. The van der Waals surface area contributed by atoms with Gasteiger partial charge in [0.2, 0.25) is 0 Å². The zero-order valence-electron chi connectivity index (χ0n) is 40.4. The standard InChI is InChI=1S/C71H46N2O/c1-3-19-52(20-4-1)71(53-21-5-2-6-22-53)63-28-12-9-27-61(63)69-64(71)29-16-32-67(69)72(55-41-35-48(36-42-55)51-38-44-68-62(46-51)60-43-37-49-17-7-8-24-57(49)70(60)74-68)54-39-33-47(34-40-54)50-18-15-23-56(45-50)73-65-30-13-10-25-58(65)59-26-11-14-31-66(59)73/h1-46H. The van der Waals surface area contributed by atoms with E-state index in [1.165, 1.54) is 60.6 Å². The Morgan fingerprint density at radius 1 is 0.351 bits per heavy atom. The Balaban J connectivity index is 0.888. The first-order valence-electron chi connectivity index (χ1n) is 25.5. The fourth-order valence-corrected chi connectivity index (χ4v) is 12.4. The molecule has 15 rings (SSSR count). The van der Waals surface area contributed by atoms with E-state index in [1.807, 2.05) is 0 Å². The van der Waals surface area contributed by atoms with Crippen molar-refractivity contribution in [1.82, 2.24) is 4.57 Å². The molecule has 346 valence electrons. The molecular weight excluding hydrogens is 897 g/mol. The monoisotopic (exact) mass is 942 g/mol. The van der Waals surface area contributed by atoms with Crippen LogP contribution in [0, 0.1) is 0 Å². The van der Waals surface area contributed by atoms with Crippen LogP contribution in [0.3, 0.4) is 0 Å². The Bertz CT molecular complexity index is 4380. The number of aromatic nitrogens is 1. The molecule has 0 atom stereocenters. The van der Waals surface area contributed by atoms with Crippen LogP contribution in [0.2, 0.25) is 0 Å². The molecule has 0 spiro atoms. The fourth-order valence-electron chi connectivity index (χ4n) is 12.4. The molecule has 1 aliphatic rings. The van der Waals surface area contributed by atoms with E-state index in [-0.39, 0.29) is 0 Å². The number of para-hydroxylation sites is 2. The van der Waals surface area contributed by atoms with Gasteiger partial charge in [0.1, 0.15) is 11.2 Å². The van der Waals surface area contributed by atoms with E-state index in [9.17, 15) is 0 Å². The second-order valence-electron chi connectivity index (χ2n) is 19.6. The lowest BCUT2D eigenvalue weighted by atomic mass is 9.68. The first kappa shape index (κ1) is 42.0. The van der Waals surface area contributed by atoms with Crippen LogP contribution in [0.1, 0.15) is 22.3 Å². The summed E-state index contributed by atoms with van der Waals surface area (Å²) >= 11 is 0. The second kappa shape index (κ2) is 16.7. The molecule has 1 aliphatic carbocycles. The van der Waals surface area contributed by atoms with Crippen molar-refractivity contribution in [3.8, 4) is 39.1 Å². The Morgan fingerprint density at radius 3 is 1.59 bits per heavy atom. The van der Waals surface area contributed by atoms with Crippen LogP contribution in [-0.2, 0) is 5.41 Å². The van der Waals surface area contributed by atoms with Gasteiger partial charge in [0, 0.05) is 49.6 Å². The van der Waals surface area contributed by atoms with Crippen LogP contribution in [-0.4, -0.2) is 4.57 Å². The molecule has 0 fully saturated rings. The normalized spacial score (nSPS) is 12.7. The quantitative estimate of drug-likeness (QED) is 0.151. The van der Waals surface area contributed by atoms with E-state index in [0.29, 0.717) is 0 Å². The van der Waals surface area contributed by atoms with Gasteiger partial charge < -0.3 is 13.9 Å². The molecule has 2 aromatic heterocycles. The van der Waals surface area contributed by atoms with Crippen molar-refractivity contribution in [2.75, 3.05) is 4.90 Å². The maximum absolute atomic E-state index is 6.52. The smallest absolute Gasteiger partial charge is 0.143 e. The number of hydrogen-bond acceptors (Lipinski definition) is 2. The summed E-state index contributed by atoms with van der Waals surface area (Å²) in [6.07, 6.45) is 0.